The number of rotatable bonds is 4. The highest BCUT2D eigenvalue weighted by Crippen LogP contribution is 2.11. The summed E-state index contributed by atoms with van der Waals surface area (Å²) in [6.07, 6.45) is 1.03. The lowest BCUT2D eigenvalue weighted by Gasteiger charge is -2.09. The van der Waals surface area contributed by atoms with Crippen molar-refractivity contribution in [3.63, 3.8) is 0 Å². The van der Waals surface area contributed by atoms with Crippen LogP contribution in [0.15, 0.2) is 24.3 Å². The number of amides is 2. The van der Waals surface area contributed by atoms with E-state index in [-0.39, 0.29) is 17.7 Å². The van der Waals surface area contributed by atoms with Gasteiger partial charge in [0.05, 0.1) is 5.92 Å². The van der Waals surface area contributed by atoms with Crippen molar-refractivity contribution in [1.82, 2.24) is 10.6 Å². The molecule has 1 aromatic rings. The van der Waals surface area contributed by atoms with Crippen molar-refractivity contribution >= 4 is 23.4 Å². The first-order valence-electron chi connectivity index (χ1n) is 5.94. The largest absolute Gasteiger partial charge is 0.355 e. The van der Waals surface area contributed by atoms with Gasteiger partial charge in [-0.25, -0.2) is 0 Å². The zero-order valence-electron chi connectivity index (χ0n) is 9.91. The normalized spacial score (nSPS) is 18.5. The molecule has 2 N–H and O–H groups in total. The summed E-state index contributed by atoms with van der Waals surface area (Å²) in [6, 6.07) is 7.56. The van der Waals surface area contributed by atoms with Crippen molar-refractivity contribution < 1.29 is 9.59 Å². The summed E-state index contributed by atoms with van der Waals surface area (Å²) in [5.41, 5.74) is 1.09. The third kappa shape index (κ3) is 3.47. The number of carbonyl (C=O) groups excluding carboxylic acids is 2. The summed E-state index contributed by atoms with van der Waals surface area (Å²) < 4.78 is 0. The van der Waals surface area contributed by atoms with Gasteiger partial charge in [-0.2, -0.15) is 0 Å². The van der Waals surface area contributed by atoms with Gasteiger partial charge in [-0.1, -0.05) is 23.7 Å². The number of hydrogen-bond acceptors (Lipinski definition) is 2. The Kier molecular flexibility index (Phi) is 4.20. The summed E-state index contributed by atoms with van der Waals surface area (Å²) in [5.74, 6) is -0.336. The average Bonchev–Trinajstić information content (AvgIpc) is 2.76. The Labute approximate surface area is 111 Å². The first kappa shape index (κ1) is 12.9. The molecule has 2 amide bonds. The second-order valence-electron chi connectivity index (χ2n) is 4.38. The molecule has 0 bridgehead atoms. The lowest BCUT2D eigenvalue weighted by molar-refractivity contribution is -0.126. The molecule has 1 saturated heterocycles. The summed E-state index contributed by atoms with van der Waals surface area (Å²) in [4.78, 5) is 22.7. The van der Waals surface area contributed by atoms with Gasteiger partial charge in [-0.05, 0) is 24.1 Å². The second-order valence-corrected chi connectivity index (χ2v) is 4.81. The maximum Gasteiger partial charge on any atom is 0.225 e. The Morgan fingerprint density at radius 1 is 1.50 bits per heavy atom. The molecule has 1 atom stereocenters. The van der Waals surface area contributed by atoms with Gasteiger partial charge in [-0.15, -0.1) is 0 Å². The molecule has 2 rings (SSSR count). The van der Waals surface area contributed by atoms with Gasteiger partial charge in [-0.3, -0.25) is 9.59 Å². The molecule has 1 aliphatic heterocycles. The molecule has 0 aromatic heterocycles. The molecule has 1 unspecified atom stereocenters. The van der Waals surface area contributed by atoms with E-state index < -0.39 is 0 Å². The number of hydrogen-bond donors (Lipinski definition) is 2. The lowest BCUT2D eigenvalue weighted by atomic mass is 10.1. The molecule has 96 valence electrons. The van der Waals surface area contributed by atoms with Crippen molar-refractivity contribution in [1.29, 1.82) is 0 Å². The molecule has 1 heterocycles. The molecule has 1 aromatic carbocycles. The zero-order chi connectivity index (χ0) is 13.0. The van der Waals surface area contributed by atoms with Gasteiger partial charge >= 0.3 is 0 Å². The van der Waals surface area contributed by atoms with Crippen LogP contribution in [0.5, 0.6) is 0 Å². The van der Waals surface area contributed by atoms with Gasteiger partial charge in [0.2, 0.25) is 11.8 Å². The van der Waals surface area contributed by atoms with E-state index in [0.29, 0.717) is 24.5 Å². The fourth-order valence-corrected chi connectivity index (χ4v) is 2.17. The first-order valence-corrected chi connectivity index (χ1v) is 6.32. The summed E-state index contributed by atoms with van der Waals surface area (Å²) >= 11 is 5.87. The van der Waals surface area contributed by atoms with E-state index in [2.05, 4.69) is 10.6 Å². The smallest absolute Gasteiger partial charge is 0.225 e. The van der Waals surface area contributed by atoms with Crippen LogP contribution in [-0.2, 0) is 16.0 Å². The molecule has 0 saturated carbocycles. The van der Waals surface area contributed by atoms with Crippen LogP contribution in [0.1, 0.15) is 12.0 Å². The van der Waals surface area contributed by atoms with E-state index >= 15 is 0 Å². The van der Waals surface area contributed by atoms with E-state index in [1.165, 1.54) is 0 Å². The molecule has 0 radical (unpaired) electrons. The predicted octanol–water partition coefficient (Wildman–Crippen LogP) is 1.13. The Hall–Kier alpha value is -1.55. The van der Waals surface area contributed by atoms with E-state index in [1.807, 2.05) is 24.3 Å². The van der Waals surface area contributed by atoms with Crippen molar-refractivity contribution in [2.24, 2.45) is 5.92 Å². The molecule has 1 aliphatic rings. The number of nitrogens with one attached hydrogen (secondary N) is 2. The Bertz CT molecular complexity index is 462. The zero-order valence-corrected chi connectivity index (χ0v) is 10.7. The minimum atomic E-state index is -0.225. The third-order valence-electron chi connectivity index (χ3n) is 2.95. The van der Waals surface area contributed by atoms with Crippen LogP contribution in [0, 0.1) is 5.92 Å². The Balaban J connectivity index is 1.75. The summed E-state index contributed by atoms with van der Waals surface area (Å²) in [7, 11) is 0. The molecular formula is C13H15ClN2O2. The van der Waals surface area contributed by atoms with Gasteiger partial charge in [0.1, 0.15) is 0 Å². The lowest BCUT2D eigenvalue weighted by Crippen LogP contribution is -2.33. The van der Waals surface area contributed by atoms with E-state index in [0.717, 1.165) is 12.0 Å². The highest BCUT2D eigenvalue weighted by molar-refractivity contribution is 6.30. The van der Waals surface area contributed by atoms with E-state index in [9.17, 15) is 9.59 Å². The molecule has 5 heteroatoms. The summed E-state index contributed by atoms with van der Waals surface area (Å²) in [6.45, 7) is 1.01. The average molecular weight is 267 g/mol. The summed E-state index contributed by atoms with van der Waals surface area (Å²) in [5, 5.41) is 6.19. The molecule has 1 fully saturated rings. The van der Waals surface area contributed by atoms with Crippen molar-refractivity contribution in [3.05, 3.63) is 34.9 Å². The van der Waals surface area contributed by atoms with Crippen LogP contribution in [0.25, 0.3) is 0 Å². The molecule has 18 heavy (non-hydrogen) atoms. The van der Waals surface area contributed by atoms with Gasteiger partial charge in [0, 0.05) is 24.5 Å². The van der Waals surface area contributed by atoms with Crippen LogP contribution in [0.2, 0.25) is 5.02 Å². The third-order valence-corrected chi connectivity index (χ3v) is 3.19. The minimum Gasteiger partial charge on any atom is -0.355 e. The highest BCUT2D eigenvalue weighted by atomic mass is 35.5. The van der Waals surface area contributed by atoms with Crippen LogP contribution >= 0.6 is 11.6 Å². The van der Waals surface area contributed by atoms with Crippen LogP contribution < -0.4 is 10.6 Å². The minimum absolute atomic E-state index is 0.0509. The topological polar surface area (TPSA) is 58.2 Å². The molecule has 0 aliphatic carbocycles. The van der Waals surface area contributed by atoms with Crippen molar-refractivity contribution in [2.45, 2.75) is 12.8 Å². The Morgan fingerprint density at radius 2 is 2.33 bits per heavy atom. The van der Waals surface area contributed by atoms with Gasteiger partial charge in [0.15, 0.2) is 0 Å². The van der Waals surface area contributed by atoms with Crippen molar-refractivity contribution in [2.75, 3.05) is 13.1 Å². The number of benzene rings is 1. The van der Waals surface area contributed by atoms with Crippen LogP contribution in [0.4, 0.5) is 0 Å². The number of carbonyl (C=O) groups is 2. The standard InChI is InChI=1S/C13H15ClN2O2/c14-11-3-1-2-9(6-11)4-5-15-13(18)10-7-12(17)16-8-10/h1-3,6,10H,4-5,7-8H2,(H,15,18)(H,16,17). The van der Waals surface area contributed by atoms with Crippen LogP contribution in [0.3, 0.4) is 0 Å². The van der Waals surface area contributed by atoms with Gasteiger partial charge < -0.3 is 10.6 Å². The van der Waals surface area contributed by atoms with Crippen LogP contribution in [-0.4, -0.2) is 24.9 Å². The monoisotopic (exact) mass is 266 g/mol. The Morgan fingerprint density at radius 3 is 3.00 bits per heavy atom. The SMILES string of the molecule is O=C1CC(C(=O)NCCc2cccc(Cl)c2)CN1. The van der Waals surface area contributed by atoms with E-state index in [1.54, 1.807) is 0 Å². The number of halogens is 1. The maximum atomic E-state index is 11.7. The first-order chi connectivity index (χ1) is 8.65. The second kappa shape index (κ2) is 5.87. The predicted molar refractivity (Wildman–Crippen MR) is 69.3 cm³/mol. The fraction of sp³-hybridized carbons (Fsp3) is 0.385. The van der Waals surface area contributed by atoms with Crippen molar-refractivity contribution in [3.8, 4) is 0 Å². The quantitative estimate of drug-likeness (QED) is 0.859. The van der Waals surface area contributed by atoms with E-state index in [4.69, 9.17) is 11.6 Å². The molecular weight excluding hydrogens is 252 g/mol. The maximum absolute atomic E-state index is 11.7. The molecule has 0 spiro atoms. The molecule has 4 nitrogen and oxygen atoms in total. The fourth-order valence-electron chi connectivity index (χ4n) is 1.96. The van der Waals surface area contributed by atoms with Gasteiger partial charge in [0.25, 0.3) is 0 Å². The highest BCUT2D eigenvalue weighted by Gasteiger charge is 2.27.